The Morgan fingerprint density at radius 3 is 2.39 bits per heavy atom. The molecule has 0 aliphatic carbocycles. The van der Waals surface area contributed by atoms with E-state index in [1.165, 1.54) is 11.3 Å². The predicted molar refractivity (Wildman–Crippen MR) is 76.0 cm³/mol. The molecule has 0 bridgehead atoms. The number of Topliss-reactive ketones (excluding diaryl/α,β-unsaturated/α-hetero) is 1. The summed E-state index contributed by atoms with van der Waals surface area (Å²) in [5, 5.41) is 0. The van der Waals surface area contributed by atoms with Crippen molar-refractivity contribution in [1.82, 2.24) is 0 Å². The third-order valence-corrected chi connectivity index (χ3v) is 4.80. The van der Waals surface area contributed by atoms with Crippen molar-refractivity contribution in [3.05, 3.63) is 20.3 Å². The van der Waals surface area contributed by atoms with E-state index in [-0.39, 0.29) is 17.3 Å². The lowest BCUT2D eigenvalue weighted by Gasteiger charge is -2.26. The number of ketones is 1. The maximum atomic E-state index is 12.6. The quantitative estimate of drug-likeness (QED) is 0.731. The van der Waals surface area contributed by atoms with Crippen molar-refractivity contribution in [2.75, 3.05) is 0 Å². The second-order valence-electron chi connectivity index (χ2n) is 5.82. The summed E-state index contributed by atoms with van der Waals surface area (Å²) in [6, 6.07) is 1.65. The van der Waals surface area contributed by atoms with Crippen LogP contribution in [0.5, 0.6) is 0 Å². The van der Waals surface area contributed by atoms with Crippen LogP contribution >= 0.6 is 34.5 Å². The Labute approximate surface area is 121 Å². The molecule has 0 aromatic carbocycles. The zero-order valence-corrected chi connectivity index (χ0v) is 13.2. The summed E-state index contributed by atoms with van der Waals surface area (Å²) in [6.07, 6.45) is 0.697. The van der Waals surface area contributed by atoms with Crippen LogP contribution < -0.4 is 0 Å². The van der Waals surface area contributed by atoms with Crippen molar-refractivity contribution >= 4 is 40.3 Å². The molecule has 0 N–H and O–H groups in total. The van der Waals surface area contributed by atoms with E-state index in [1.54, 1.807) is 6.07 Å². The molecule has 1 fully saturated rings. The summed E-state index contributed by atoms with van der Waals surface area (Å²) >= 11 is 13.2. The van der Waals surface area contributed by atoms with E-state index < -0.39 is 5.60 Å². The van der Waals surface area contributed by atoms with Gasteiger partial charge < -0.3 is 4.74 Å². The van der Waals surface area contributed by atoms with Gasteiger partial charge in [0.05, 0.1) is 21.5 Å². The van der Waals surface area contributed by atoms with Crippen molar-refractivity contribution in [2.45, 2.75) is 45.3 Å². The van der Waals surface area contributed by atoms with Gasteiger partial charge in [-0.05, 0) is 40.2 Å². The summed E-state index contributed by atoms with van der Waals surface area (Å²) in [4.78, 5) is 12.6. The average molecular weight is 307 g/mol. The number of carbonyl (C=O) groups excluding carboxylic acids is 1. The zero-order valence-electron chi connectivity index (χ0n) is 10.8. The smallest absolute Gasteiger partial charge is 0.171 e. The van der Waals surface area contributed by atoms with Crippen molar-refractivity contribution in [3.8, 4) is 0 Å². The Bertz CT molecular complexity index is 491. The first kappa shape index (κ1) is 14.3. The molecule has 2 heterocycles. The van der Waals surface area contributed by atoms with Gasteiger partial charge in [0.15, 0.2) is 5.78 Å². The van der Waals surface area contributed by atoms with Crippen LogP contribution in [0, 0.1) is 5.92 Å². The number of rotatable bonds is 2. The SMILES string of the molecule is CC1(C)CC(C(=O)c2cc(Cl)sc2Cl)C(C)(C)O1. The third kappa shape index (κ3) is 2.60. The standard InChI is InChI=1S/C13H16Cl2O2S/c1-12(2)6-8(13(3,4)17-12)10(16)7-5-9(14)18-11(7)15/h5,8H,6H2,1-4H3. The highest BCUT2D eigenvalue weighted by atomic mass is 35.5. The van der Waals surface area contributed by atoms with Crippen LogP contribution in [0.2, 0.25) is 8.67 Å². The molecular formula is C13H16Cl2O2S. The summed E-state index contributed by atoms with van der Waals surface area (Å²) < 4.78 is 6.95. The fourth-order valence-electron chi connectivity index (χ4n) is 2.67. The lowest BCUT2D eigenvalue weighted by Crippen LogP contribution is -2.33. The van der Waals surface area contributed by atoms with Gasteiger partial charge in [0.2, 0.25) is 0 Å². The minimum absolute atomic E-state index is 0.0266. The summed E-state index contributed by atoms with van der Waals surface area (Å²) in [5.74, 6) is -0.158. The van der Waals surface area contributed by atoms with Gasteiger partial charge in [-0.2, -0.15) is 0 Å². The Morgan fingerprint density at radius 1 is 1.39 bits per heavy atom. The van der Waals surface area contributed by atoms with Gasteiger partial charge in [-0.3, -0.25) is 4.79 Å². The molecule has 1 aliphatic rings. The average Bonchev–Trinajstić information content (AvgIpc) is 2.61. The van der Waals surface area contributed by atoms with Crippen LogP contribution in [0.4, 0.5) is 0 Å². The van der Waals surface area contributed by atoms with Crippen molar-refractivity contribution in [3.63, 3.8) is 0 Å². The zero-order chi connectivity index (χ0) is 13.7. The molecule has 1 aromatic heterocycles. The number of hydrogen-bond acceptors (Lipinski definition) is 3. The van der Waals surface area contributed by atoms with Crippen LogP contribution in [0.25, 0.3) is 0 Å². The molecule has 0 radical (unpaired) electrons. The molecular weight excluding hydrogens is 291 g/mol. The van der Waals surface area contributed by atoms with Crippen LogP contribution in [-0.2, 0) is 4.74 Å². The van der Waals surface area contributed by atoms with Gasteiger partial charge in [-0.15, -0.1) is 11.3 Å². The fraction of sp³-hybridized carbons (Fsp3) is 0.615. The Hall–Kier alpha value is -0.0900. The van der Waals surface area contributed by atoms with Gasteiger partial charge in [0.25, 0.3) is 0 Å². The molecule has 1 aromatic rings. The predicted octanol–water partition coefficient (Wildman–Crippen LogP) is 4.83. The summed E-state index contributed by atoms with van der Waals surface area (Å²) in [7, 11) is 0. The molecule has 1 aliphatic heterocycles. The molecule has 0 amide bonds. The second-order valence-corrected chi connectivity index (χ2v) is 8.11. The molecule has 18 heavy (non-hydrogen) atoms. The number of carbonyl (C=O) groups is 1. The number of hydrogen-bond donors (Lipinski definition) is 0. The molecule has 1 unspecified atom stereocenters. The summed E-state index contributed by atoms with van der Waals surface area (Å²) in [5.41, 5.74) is -0.236. The highest BCUT2D eigenvalue weighted by Crippen LogP contribution is 2.45. The van der Waals surface area contributed by atoms with Crippen LogP contribution in [0.1, 0.15) is 44.5 Å². The number of thiophene rings is 1. The first-order valence-electron chi connectivity index (χ1n) is 5.82. The van der Waals surface area contributed by atoms with Gasteiger partial charge in [-0.25, -0.2) is 0 Å². The molecule has 1 atom stereocenters. The Balaban J connectivity index is 2.32. The minimum atomic E-state index is -0.474. The Morgan fingerprint density at radius 2 is 2.00 bits per heavy atom. The molecule has 0 spiro atoms. The maximum Gasteiger partial charge on any atom is 0.171 e. The highest BCUT2D eigenvalue weighted by molar-refractivity contribution is 7.20. The summed E-state index contributed by atoms with van der Waals surface area (Å²) in [6.45, 7) is 7.91. The van der Waals surface area contributed by atoms with Crippen LogP contribution in [0.3, 0.4) is 0 Å². The van der Waals surface area contributed by atoms with Gasteiger partial charge in [0.1, 0.15) is 4.34 Å². The molecule has 0 saturated carbocycles. The van der Waals surface area contributed by atoms with E-state index >= 15 is 0 Å². The van der Waals surface area contributed by atoms with Gasteiger partial charge in [0, 0.05) is 5.56 Å². The lowest BCUT2D eigenvalue weighted by molar-refractivity contribution is -0.0712. The largest absolute Gasteiger partial charge is 0.369 e. The van der Waals surface area contributed by atoms with Crippen molar-refractivity contribution < 1.29 is 9.53 Å². The number of halogens is 2. The fourth-order valence-corrected chi connectivity index (χ4v) is 4.14. The number of ether oxygens (including phenoxy) is 1. The van der Waals surface area contributed by atoms with E-state index in [0.29, 0.717) is 20.7 Å². The molecule has 2 nitrogen and oxygen atoms in total. The molecule has 5 heteroatoms. The van der Waals surface area contributed by atoms with Crippen LogP contribution in [-0.4, -0.2) is 17.0 Å². The van der Waals surface area contributed by atoms with Gasteiger partial charge >= 0.3 is 0 Å². The monoisotopic (exact) mass is 306 g/mol. The van der Waals surface area contributed by atoms with E-state index in [9.17, 15) is 4.79 Å². The third-order valence-electron chi connectivity index (χ3n) is 3.31. The van der Waals surface area contributed by atoms with Crippen LogP contribution in [0.15, 0.2) is 6.07 Å². The van der Waals surface area contributed by atoms with Crippen molar-refractivity contribution in [2.24, 2.45) is 5.92 Å². The topological polar surface area (TPSA) is 26.3 Å². The molecule has 100 valence electrons. The normalized spacial score (nSPS) is 25.3. The van der Waals surface area contributed by atoms with E-state index in [2.05, 4.69) is 0 Å². The van der Waals surface area contributed by atoms with Crippen molar-refractivity contribution in [1.29, 1.82) is 0 Å². The Kier molecular flexibility index (Phi) is 3.56. The van der Waals surface area contributed by atoms with E-state index in [4.69, 9.17) is 27.9 Å². The lowest BCUT2D eigenvalue weighted by atomic mass is 9.82. The minimum Gasteiger partial charge on any atom is -0.369 e. The highest BCUT2D eigenvalue weighted by Gasteiger charge is 2.49. The first-order valence-corrected chi connectivity index (χ1v) is 7.39. The van der Waals surface area contributed by atoms with E-state index in [1.807, 2.05) is 27.7 Å². The molecule has 2 rings (SSSR count). The van der Waals surface area contributed by atoms with Gasteiger partial charge in [-0.1, -0.05) is 23.2 Å². The second kappa shape index (κ2) is 4.48. The first-order chi connectivity index (χ1) is 8.12. The van der Waals surface area contributed by atoms with E-state index in [0.717, 1.165) is 0 Å². The maximum absolute atomic E-state index is 12.6. The molecule has 1 saturated heterocycles.